The number of halogens is 1. The first-order valence-corrected chi connectivity index (χ1v) is 6.51. The summed E-state index contributed by atoms with van der Waals surface area (Å²) in [5.74, 6) is 1.52. The first-order chi connectivity index (χ1) is 8.12. The maximum absolute atomic E-state index is 9.16. The zero-order valence-corrected chi connectivity index (χ0v) is 11.5. The number of anilines is 1. The summed E-state index contributed by atoms with van der Waals surface area (Å²) < 4.78 is 0. The Kier molecular flexibility index (Phi) is 5.72. The van der Waals surface area contributed by atoms with Gasteiger partial charge >= 0.3 is 0 Å². The van der Waals surface area contributed by atoms with E-state index in [-0.39, 0.29) is 6.61 Å². The predicted molar refractivity (Wildman–Crippen MR) is 72.5 cm³/mol. The molecule has 0 spiro atoms. The molecule has 1 aromatic rings. The summed E-state index contributed by atoms with van der Waals surface area (Å²) in [6.07, 6.45) is 1.15. The lowest BCUT2D eigenvalue weighted by Crippen LogP contribution is -2.29. The first-order valence-electron chi connectivity index (χ1n) is 6.13. The minimum atomic E-state index is -0.118. The number of aromatic nitrogens is 1. The third-order valence-electron chi connectivity index (χ3n) is 2.99. The summed E-state index contributed by atoms with van der Waals surface area (Å²) in [7, 11) is 0. The molecule has 17 heavy (non-hydrogen) atoms. The van der Waals surface area contributed by atoms with Crippen molar-refractivity contribution >= 4 is 17.4 Å². The van der Waals surface area contributed by atoms with E-state index < -0.39 is 0 Å². The van der Waals surface area contributed by atoms with Gasteiger partial charge in [0.1, 0.15) is 5.82 Å². The van der Waals surface area contributed by atoms with Gasteiger partial charge < -0.3 is 10.0 Å². The summed E-state index contributed by atoms with van der Waals surface area (Å²) in [5.41, 5.74) is 0.548. The van der Waals surface area contributed by atoms with Crippen molar-refractivity contribution in [3.63, 3.8) is 0 Å². The van der Waals surface area contributed by atoms with Gasteiger partial charge in [0, 0.05) is 13.1 Å². The standard InChI is InChI=1S/C13H21ClN2O/c1-4-10(3)8-16(5-2)13-7-6-11(14)12(9-17)15-13/h6-7,10,17H,4-5,8-9H2,1-3H3. The van der Waals surface area contributed by atoms with E-state index in [2.05, 4.69) is 30.7 Å². The van der Waals surface area contributed by atoms with E-state index in [1.54, 1.807) is 6.07 Å². The highest BCUT2D eigenvalue weighted by Gasteiger charge is 2.11. The molecule has 96 valence electrons. The number of pyridine rings is 1. The molecular weight excluding hydrogens is 236 g/mol. The van der Waals surface area contributed by atoms with Gasteiger partial charge in [-0.15, -0.1) is 0 Å². The van der Waals surface area contributed by atoms with Gasteiger partial charge in [-0.25, -0.2) is 4.98 Å². The van der Waals surface area contributed by atoms with Crippen LogP contribution in [0.1, 0.15) is 32.9 Å². The van der Waals surface area contributed by atoms with E-state index in [4.69, 9.17) is 16.7 Å². The van der Waals surface area contributed by atoms with Gasteiger partial charge in [-0.05, 0) is 25.0 Å². The zero-order valence-electron chi connectivity index (χ0n) is 10.8. The topological polar surface area (TPSA) is 36.4 Å². The summed E-state index contributed by atoms with van der Waals surface area (Å²) in [6.45, 7) is 8.29. The van der Waals surface area contributed by atoms with E-state index in [0.717, 1.165) is 25.3 Å². The summed E-state index contributed by atoms with van der Waals surface area (Å²) in [4.78, 5) is 6.61. The molecule has 0 aliphatic rings. The molecule has 1 rings (SSSR count). The van der Waals surface area contributed by atoms with Crippen LogP contribution in [0.4, 0.5) is 5.82 Å². The number of aliphatic hydroxyl groups excluding tert-OH is 1. The molecule has 0 fully saturated rings. The van der Waals surface area contributed by atoms with E-state index >= 15 is 0 Å². The summed E-state index contributed by atoms with van der Waals surface area (Å²) in [6, 6.07) is 3.71. The molecule has 0 saturated heterocycles. The molecule has 1 aromatic heterocycles. The van der Waals surface area contributed by atoms with Crippen molar-refractivity contribution in [2.75, 3.05) is 18.0 Å². The van der Waals surface area contributed by atoms with Gasteiger partial charge in [0.2, 0.25) is 0 Å². The highest BCUT2D eigenvalue weighted by Crippen LogP contribution is 2.20. The maximum Gasteiger partial charge on any atom is 0.129 e. The Bertz CT molecular complexity index is 357. The van der Waals surface area contributed by atoms with Gasteiger partial charge in [0.05, 0.1) is 17.3 Å². The lowest BCUT2D eigenvalue weighted by molar-refractivity contribution is 0.277. The molecule has 0 bridgehead atoms. The second-order valence-corrected chi connectivity index (χ2v) is 4.72. The zero-order chi connectivity index (χ0) is 12.8. The predicted octanol–water partition coefficient (Wildman–Crippen LogP) is 3.10. The van der Waals surface area contributed by atoms with E-state index in [0.29, 0.717) is 16.6 Å². The Morgan fingerprint density at radius 2 is 2.12 bits per heavy atom. The van der Waals surface area contributed by atoms with Gasteiger partial charge in [-0.3, -0.25) is 0 Å². The van der Waals surface area contributed by atoms with E-state index in [9.17, 15) is 0 Å². The van der Waals surface area contributed by atoms with Crippen LogP contribution in [0, 0.1) is 5.92 Å². The quantitative estimate of drug-likeness (QED) is 0.850. The Balaban J connectivity index is 2.88. The van der Waals surface area contributed by atoms with Gasteiger partial charge in [-0.2, -0.15) is 0 Å². The van der Waals surface area contributed by atoms with Crippen molar-refractivity contribution in [1.29, 1.82) is 0 Å². The smallest absolute Gasteiger partial charge is 0.129 e. The van der Waals surface area contributed by atoms with Crippen LogP contribution in [-0.4, -0.2) is 23.2 Å². The molecule has 1 atom stereocenters. The number of hydrogen-bond donors (Lipinski definition) is 1. The van der Waals surface area contributed by atoms with Crippen LogP contribution in [0.2, 0.25) is 5.02 Å². The Morgan fingerprint density at radius 3 is 2.65 bits per heavy atom. The number of rotatable bonds is 6. The molecule has 1 N–H and O–H groups in total. The average Bonchev–Trinajstić information content (AvgIpc) is 2.36. The highest BCUT2D eigenvalue weighted by molar-refractivity contribution is 6.31. The molecule has 4 heteroatoms. The number of hydrogen-bond acceptors (Lipinski definition) is 3. The minimum absolute atomic E-state index is 0.118. The van der Waals surface area contributed by atoms with Crippen LogP contribution in [0.3, 0.4) is 0 Å². The van der Waals surface area contributed by atoms with Gasteiger partial charge in [-0.1, -0.05) is 31.9 Å². The van der Waals surface area contributed by atoms with Crippen molar-refractivity contribution in [2.24, 2.45) is 5.92 Å². The monoisotopic (exact) mass is 256 g/mol. The van der Waals surface area contributed by atoms with Crippen LogP contribution >= 0.6 is 11.6 Å². The molecule has 3 nitrogen and oxygen atoms in total. The molecule has 0 saturated carbocycles. The van der Waals surface area contributed by atoms with Gasteiger partial charge in [0.25, 0.3) is 0 Å². The second-order valence-electron chi connectivity index (χ2n) is 4.31. The fourth-order valence-corrected chi connectivity index (χ4v) is 1.81. The van der Waals surface area contributed by atoms with Crippen molar-refractivity contribution in [3.05, 3.63) is 22.8 Å². The molecule has 1 unspecified atom stereocenters. The maximum atomic E-state index is 9.16. The fourth-order valence-electron chi connectivity index (χ4n) is 1.65. The Hall–Kier alpha value is -0.800. The Morgan fingerprint density at radius 1 is 1.41 bits per heavy atom. The SMILES string of the molecule is CCC(C)CN(CC)c1ccc(Cl)c(CO)n1. The van der Waals surface area contributed by atoms with Crippen LogP contribution in [-0.2, 0) is 6.61 Å². The van der Waals surface area contributed by atoms with Crippen LogP contribution < -0.4 is 4.90 Å². The van der Waals surface area contributed by atoms with Gasteiger partial charge in [0.15, 0.2) is 0 Å². The lowest BCUT2D eigenvalue weighted by Gasteiger charge is -2.25. The molecule has 0 aliphatic carbocycles. The minimum Gasteiger partial charge on any atom is -0.390 e. The van der Waals surface area contributed by atoms with Crippen LogP contribution in [0.15, 0.2) is 12.1 Å². The Labute approximate surface area is 108 Å². The molecular formula is C13H21ClN2O. The fraction of sp³-hybridized carbons (Fsp3) is 0.615. The largest absolute Gasteiger partial charge is 0.390 e. The molecule has 0 radical (unpaired) electrons. The van der Waals surface area contributed by atoms with Crippen molar-refractivity contribution in [2.45, 2.75) is 33.8 Å². The third-order valence-corrected chi connectivity index (χ3v) is 3.33. The summed E-state index contributed by atoms with van der Waals surface area (Å²) >= 11 is 5.94. The normalized spacial score (nSPS) is 12.5. The molecule has 0 aromatic carbocycles. The molecule has 1 heterocycles. The van der Waals surface area contributed by atoms with Crippen molar-refractivity contribution < 1.29 is 5.11 Å². The summed E-state index contributed by atoms with van der Waals surface area (Å²) in [5, 5.41) is 9.68. The second kappa shape index (κ2) is 6.82. The number of aliphatic hydroxyl groups is 1. The van der Waals surface area contributed by atoms with Crippen molar-refractivity contribution in [3.8, 4) is 0 Å². The third kappa shape index (κ3) is 3.86. The van der Waals surface area contributed by atoms with Crippen LogP contribution in [0.5, 0.6) is 0 Å². The van der Waals surface area contributed by atoms with E-state index in [1.165, 1.54) is 0 Å². The number of nitrogens with zero attached hydrogens (tertiary/aromatic N) is 2. The average molecular weight is 257 g/mol. The van der Waals surface area contributed by atoms with Crippen molar-refractivity contribution in [1.82, 2.24) is 4.98 Å². The highest BCUT2D eigenvalue weighted by atomic mass is 35.5. The molecule has 0 aliphatic heterocycles. The molecule has 0 amide bonds. The van der Waals surface area contributed by atoms with E-state index in [1.807, 2.05) is 6.07 Å². The van der Waals surface area contributed by atoms with Crippen LogP contribution in [0.25, 0.3) is 0 Å². The lowest BCUT2D eigenvalue weighted by atomic mass is 10.1. The first kappa shape index (κ1) is 14.3.